The van der Waals surface area contributed by atoms with Gasteiger partial charge in [0.15, 0.2) is 6.10 Å². The van der Waals surface area contributed by atoms with E-state index in [-0.39, 0.29) is 36.9 Å². The molecule has 0 saturated carbocycles. The van der Waals surface area contributed by atoms with Crippen LogP contribution in [-0.2, 0) is 20.9 Å². The number of anilines is 1. The number of para-hydroxylation sites is 3. The van der Waals surface area contributed by atoms with Crippen LogP contribution in [0.5, 0.6) is 5.75 Å². The molecule has 34 heavy (non-hydrogen) atoms. The molecule has 0 aliphatic carbocycles. The molecule has 1 aromatic heterocycles. The Hall–Kier alpha value is -3.72. The smallest absolute Gasteiger partial charge is 0.265 e. The van der Waals surface area contributed by atoms with Crippen LogP contribution in [0.3, 0.4) is 0 Å². The van der Waals surface area contributed by atoms with Crippen LogP contribution in [0, 0.1) is 6.92 Å². The van der Waals surface area contributed by atoms with E-state index in [0.717, 1.165) is 5.56 Å². The Kier molecular flexibility index (Phi) is 6.02. The standard InChI is InChI=1S/C25H26N4O5/c1-17-5-4-6-18-23(17)26-16-28(24(18)31)10-9-22(30)29-15-21(25(32)27-11-13-33-14-12-27)34-20-8-3-2-7-19(20)29/h2-8,16,21H,9-15H2,1H3. The summed E-state index contributed by atoms with van der Waals surface area (Å²) in [6.07, 6.45) is 0.791. The van der Waals surface area contributed by atoms with Gasteiger partial charge in [-0.2, -0.15) is 0 Å². The minimum absolute atomic E-state index is 0.0890. The third kappa shape index (κ3) is 4.14. The lowest BCUT2D eigenvalue weighted by Gasteiger charge is -2.37. The first-order valence-corrected chi connectivity index (χ1v) is 11.4. The zero-order valence-electron chi connectivity index (χ0n) is 19.0. The number of hydrogen-bond acceptors (Lipinski definition) is 6. The molecule has 1 atom stereocenters. The van der Waals surface area contributed by atoms with E-state index in [4.69, 9.17) is 9.47 Å². The molecule has 176 valence electrons. The minimum Gasteiger partial charge on any atom is -0.476 e. The highest BCUT2D eigenvalue weighted by molar-refractivity contribution is 5.97. The quantitative estimate of drug-likeness (QED) is 0.587. The Bertz CT molecular complexity index is 1300. The molecule has 2 aromatic carbocycles. The number of aromatic nitrogens is 2. The van der Waals surface area contributed by atoms with Crippen LogP contribution in [0.2, 0.25) is 0 Å². The fraction of sp³-hybridized carbons (Fsp3) is 0.360. The first-order valence-electron chi connectivity index (χ1n) is 11.4. The van der Waals surface area contributed by atoms with Gasteiger partial charge in [0.25, 0.3) is 11.5 Å². The van der Waals surface area contributed by atoms with E-state index in [1.165, 1.54) is 10.9 Å². The fourth-order valence-electron chi connectivity index (χ4n) is 4.43. The van der Waals surface area contributed by atoms with Crippen molar-refractivity contribution in [2.24, 2.45) is 0 Å². The van der Waals surface area contributed by atoms with Crippen molar-refractivity contribution in [3.05, 3.63) is 64.7 Å². The maximum atomic E-state index is 13.3. The second-order valence-corrected chi connectivity index (χ2v) is 8.48. The summed E-state index contributed by atoms with van der Waals surface area (Å²) in [6.45, 7) is 4.22. The van der Waals surface area contributed by atoms with Gasteiger partial charge in [-0.05, 0) is 30.7 Å². The molecule has 1 saturated heterocycles. The molecular formula is C25H26N4O5. The van der Waals surface area contributed by atoms with Gasteiger partial charge in [0.1, 0.15) is 5.75 Å². The average molecular weight is 463 g/mol. The second-order valence-electron chi connectivity index (χ2n) is 8.48. The molecule has 0 N–H and O–H groups in total. The van der Waals surface area contributed by atoms with Crippen LogP contribution < -0.4 is 15.2 Å². The number of fused-ring (bicyclic) bond motifs is 2. The number of amides is 2. The molecule has 2 aliphatic rings. The van der Waals surface area contributed by atoms with Crippen molar-refractivity contribution in [1.29, 1.82) is 0 Å². The summed E-state index contributed by atoms with van der Waals surface area (Å²) in [4.78, 5) is 47.0. The van der Waals surface area contributed by atoms with E-state index in [1.54, 1.807) is 28.0 Å². The zero-order chi connectivity index (χ0) is 23.7. The summed E-state index contributed by atoms with van der Waals surface area (Å²) in [7, 11) is 0. The number of rotatable bonds is 4. The summed E-state index contributed by atoms with van der Waals surface area (Å²) in [5, 5.41) is 0.530. The molecule has 2 aliphatic heterocycles. The third-order valence-electron chi connectivity index (χ3n) is 6.29. The van der Waals surface area contributed by atoms with E-state index in [1.807, 2.05) is 31.2 Å². The van der Waals surface area contributed by atoms with Crippen LogP contribution >= 0.6 is 0 Å². The highest BCUT2D eigenvalue weighted by atomic mass is 16.5. The maximum Gasteiger partial charge on any atom is 0.265 e. The Morgan fingerprint density at radius 3 is 2.71 bits per heavy atom. The summed E-state index contributed by atoms with van der Waals surface area (Å²) >= 11 is 0. The topological polar surface area (TPSA) is 94.0 Å². The van der Waals surface area contributed by atoms with Gasteiger partial charge >= 0.3 is 0 Å². The van der Waals surface area contributed by atoms with Crippen LogP contribution in [-0.4, -0.2) is 65.2 Å². The van der Waals surface area contributed by atoms with Crippen LogP contribution in [0.4, 0.5) is 5.69 Å². The van der Waals surface area contributed by atoms with E-state index >= 15 is 0 Å². The highest BCUT2D eigenvalue weighted by Crippen LogP contribution is 2.34. The lowest BCUT2D eigenvalue weighted by atomic mass is 10.1. The number of carbonyl (C=O) groups is 2. The van der Waals surface area contributed by atoms with Crippen molar-refractivity contribution in [2.75, 3.05) is 37.7 Å². The second kappa shape index (κ2) is 9.26. The van der Waals surface area contributed by atoms with Crippen LogP contribution in [0.1, 0.15) is 12.0 Å². The molecule has 0 radical (unpaired) electrons. The van der Waals surface area contributed by atoms with Gasteiger partial charge < -0.3 is 19.3 Å². The Morgan fingerprint density at radius 2 is 1.88 bits per heavy atom. The van der Waals surface area contributed by atoms with Crippen molar-refractivity contribution in [1.82, 2.24) is 14.5 Å². The molecule has 5 rings (SSSR count). The Balaban J connectivity index is 1.35. The van der Waals surface area contributed by atoms with Gasteiger partial charge in [-0.25, -0.2) is 4.98 Å². The van der Waals surface area contributed by atoms with Gasteiger partial charge in [0.05, 0.1) is 42.7 Å². The predicted octanol–water partition coefficient (Wildman–Crippen LogP) is 1.75. The molecule has 1 fully saturated rings. The molecule has 0 bridgehead atoms. The molecule has 1 unspecified atom stereocenters. The van der Waals surface area contributed by atoms with Crippen molar-refractivity contribution < 1.29 is 19.1 Å². The molecule has 2 amide bonds. The molecule has 0 spiro atoms. The number of ether oxygens (including phenoxy) is 2. The summed E-state index contributed by atoms with van der Waals surface area (Å²) in [6, 6.07) is 12.7. The number of benzene rings is 2. The summed E-state index contributed by atoms with van der Waals surface area (Å²) in [5.41, 5.74) is 2.04. The van der Waals surface area contributed by atoms with Gasteiger partial charge in [0, 0.05) is 26.1 Å². The SMILES string of the molecule is Cc1cccc2c(=O)n(CCC(=O)N3CC(C(=O)N4CCOCC4)Oc4ccccc43)cnc12. The van der Waals surface area contributed by atoms with Crippen molar-refractivity contribution >= 4 is 28.4 Å². The molecule has 9 heteroatoms. The van der Waals surface area contributed by atoms with E-state index in [0.29, 0.717) is 48.6 Å². The zero-order valence-corrected chi connectivity index (χ0v) is 19.0. The number of morpholine rings is 1. The molecule has 3 heterocycles. The first kappa shape index (κ1) is 22.1. The van der Waals surface area contributed by atoms with Gasteiger partial charge in [-0.1, -0.05) is 24.3 Å². The van der Waals surface area contributed by atoms with E-state index in [9.17, 15) is 14.4 Å². The number of hydrogen-bond donors (Lipinski definition) is 0. The van der Waals surface area contributed by atoms with E-state index < -0.39 is 6.10 Å². The summed E-state index contributed by atoms with van der Waals surface area (Å²) < 4.78 is 12.8. The largest absolute Gasteiger partial charge is 0.476 e. The normalized spacial score (nSPS) is 17.9. The van der Waals surface area contributed by atoms with Crippen molar-refractivity contribution in [3.63, 3.8) is 0 Å². The Morgan fingerprint density at radius 1 is 1.09 bits per heavy atom. The fourth-order valence-corrected chi connectivity index (χ4v) is 4.43. The number of aryl methyl sites for hydroxylation is 2. The third-order valence-corrected chi connectivity index (χ3v) is 6.29. The Labute approximate surface area is 196 Å². The highest BCUT2D eigenvalue weighted by Gasteiger charge is 2.36. The predicted molar refractivity (Wildman–Crippen MR) is 126 cm³/mol. The van der Waals surface area contributed by atoms with Crippen LogP contribution in [0.25, 0.3) is 10.9 Å². The lowest BCUT2D eigenvalue weighted by molar-refractivity contribution is -0.142. The van der Waals surface area contributed by atoms with Gasteiger partial charge in [0.2, 0.25) is 5.91 Å². The van der Waals surface area contributed by atoms with Gasteiger partial charge in [-0.15, -0.1) is 0 Å². The average Bonchev–Trinajstić information content (AvgIpc) is 2.88. The van der Waals surface area contributed by atoms with Crippen molar-refractivity contribution in [3.8, 4) is 5.75 Å². The first-order chi connectivity index (χ1) is 16.5. The molecular weight excluding hydrogens is 436 g/mol. The summed E-state index contributed by atoms with van der Waals surface area (Å²) in [5.74, 6) is 0.154. The lowest BCUT2D eigenvalue weighted by Crippen LogP contribution is -2.54. The molecule has 9 nitrogen and oxygen atoms in total. The minimum atomic E-state index is -0.787. The van der Waals surface area contributed by atoms with Gasteiger partial charge in [-0.3, -0.25) is 19.0 Å². The number of carbonyl (C=O) groups excluding carboxylic acids is 2. The van der Waals surface area contributed by atoms with Crippen LogP contribution in [0.15, 0.2) is 53.6 Å². The van der Waals surface area contributed by atoms with Crippen molar-refractivity contribution in [2.45, 2.75) is 26.0 Å². The number of nitrogens with zero attached hydrogens (tertiary/aromatic N) is 4. The molecule has 3 aromatic rings. The monoisotopic (exact) mass is 462 g/mol. The van der Waals surface area contributed by atoms with E-state index in [2.05, 4.69) is 4.98 Å². The maximum absolute atomic E-state index is 13.3.